The highest BCUT2D eigenvalue weighted by atomic mass is 16.3. The summed E-state index contributed by atoms with van der Waals surface area (Å²) >= 11 is 0. The molecule has 2 nitrogen and oxygen atoms in total. The number of hydrogen-bond acceptors (Lipinski definition) is 2. The van der Waals surface area contributed by atoms with Gasteiger partial charge in [-0.2, -0.15) is 0 Å². The van der Waals surface area contributed by atoms with Crippen molar-refractivity contribution in [3.63, 3.8) is 0 Å². The third-order valence-electron chi connectivity index (χ3n) is 10.7. The standard InChI is InChI=1S/C52H37NO/c1-4-14-36(15-5-1)38-26-28-40(29-27-38)42-20-12-21-44(34-42)53(43-32-30-39(31-33-43)37-16-6-2-7-17-37)49-24-13-25-50-51(49)48-35-47(41-18-8-3-9-19-41)45-22-10-11-23-46(45)52(48)54-50/h1-8,10-18,20-35H,9,19H2. The van der Waals surface area contributed by atoms with E-state index in [-0.39, 0.29) is 0 Å². The van der Waals surface area contributed by atoms with Crippen LogP contribution in [0.15, 0.2) is 205 Å². The number of anilines is 3. The molecule has 1 aromatic heterocycles. The Morgan fingerprint density at radius 1 is 0.444 bits per heavy atom. The number of nitrogens with zero attached hydrogens (tertiary/aromatic N) is 1. The number of allylic oxidation sites excluding steroid dienone is 4. The SMILES string of the molecule is C1=CCCC(c2cc3c(oc4cccc(N(c5ccc(-c6ccccc6)cc5)c5cccc(-c6ccc(-c7ccccc7)cc6)c5)c43)c3ccccc23)=C1. The molecule has 0 unspecified atom stereocenters. The van der Waals surface area contributed by atoms with Crippen LogP contribution in [0.3, 0.4) is 0 Å². The predicted molar refractivity (Wildman–Crippen MR) is 229 cm³/mol. The lowest BCUT2D eigenvalue weighted by Crippen LogP contribution is -2.10. The van der Waals surface area contributed by atoms with Crippen LogP contribution in [-0.2, 0) is 0 Å². The molecule has 0 saturated heterocycles. The van der Waals surface area contributed by atoms with E-state index in [2.05, 4.69) is 205 Å². The quantitative estimate of drug-likeness (QED) is 0.165. The second kappa shape index (κ2) is 13.6. The van der Waals surface area contributed by atoms with Crippen LogP contribution in [0.2, 0.25) is 0 Å². The summed E-state index contributed by atoms with van der Waals surface area (Å²) in [6.45, 7) is 0. The molecule has 10 rings (SSSR count). The second-order valence-electron chi connectivity index (χ2n) is 14.0. The topological polar surface area (TPSA) is 16.4 Å². The molecule has 0 saturated carbocycles. The Bertz CT molecular complexity index is 2840. The van der Waals surface area contributed by atoms with E-state index in [4.69, 9.17) is 4.42 Å². The van der Waals surface area contributed by atoms with E-state index in [0.29, 0.717) is 0 Å². The molecule has 0 fully saturated rings. The molecule has 1 heterocycles. The smallest absolute Gasteiger partial charge is 0.143 e. The number of benzene rings is 8. The van der Waals surface area contributed by atoms with Crippen LogP contribution in [0.25, 0.3) is 71.7 Å². The molecule has 0 aliphatic heterocycles. The van der Waals surface area contributed by atoms with Crippen molar-refractivity contribution in [2.45, 2.75) is 12.8 Å². The number of hydrogen-bond donors (Lipinski definition) is 0. The van der Waals surface area contributed by atoms with Crippen LogP contribution in [0.4, 0.5) is 17.1 Å². The van der Waals surface area contributed by atoms with E-state index < -0.39 is 0 Å². The zero-order chi connectivity index (χ0) is 35.8. The van der Waals surface area contributed by atoms with Gasteiger partial charge in [0.25, 0.3) is 0 Å². The predicted octanol–water partition coefficient (Wildman–Crippen LogP) is 14.9. The van der Waals surface area contributed by atoms with Crippen molar-refractivity contribution >= 4 is 55.3 Å². The summed E-state index contributed by atoms with van der Waals surface area (Å²) in [5, 5.41) is 4.60. The van der Waals surface area contributed by atoms with Gasteiger partial charge in [-0.15, -0.1) is 0 Å². The third kappa shape index (κ3) is 5.70. The minimum Gasteiger partial charge on any atom is -0.455 e. The van der Waals surface area contributed by atoms with E-state index in [1.54, 1.807) is 0 Å². The Balaban J connectivity index is 1.17. The maximum absolute atomic E-state index is 6.83. The summed E-state index contributed by atoms with van der Waals surface area (Å²) in [6.07, 6.45) is 8.79. The molecular weight excluding hydrogens is 655 g/mol. The normalized spacial score (nSPS) is 12.7. The van der Waals surface area contributed by atoms with E-state index in [9.17, 15) is 0 Å². The van der Waals surface area contributed by atoms with Gasteiger partial charge in [0, 0.05) is 22.1 Å². The highest BCUT2D eigenvalue weighted by Crippen LogP contribution is 2.46. The monoisotopic (exact) mass is 691 g/mol. The third-order valence-corrected chi connectivity index (χ3v) is 10.7. The molecule has 54 heavy (non-hydrogen) atoms. The van der Waals surface area contributed by atoms with Crippen LogP contribution in [-0.4, -0.2) is 0 Å². The van der Waals surface area contributed by atoms with E-state index >= 15 is 0 Å². The molecule has 2 heteroatoms. The molecule has 256 valence electrons. The van der Waals surface area contributed by atoms with Crippen molar-refractivity contribution in [1.82, 2.24) is 0 Å². The van der Waals surface area contributed by atoms with Gasteiger partial charge in [-0.05, 0) is 105 Å². The first-order valence-electron chi connectivity index (χ1n) is 18.7. The van der Waals surface area contributed by atoms with Crippen LogP contribution in [0.5, 0.6) is 0 Å². The molecule has 8 aromatic carbocycles. The van der Waals surface area contributed by atoms with E-state index in [0.717, 1.165) is 62.8 Å². The number of rotatable bonds is 7. The van der Waals surface area contributed by atoms with Gasteiger partial charge in [0.05, 0.1) is 11.1 Å². The van der Waals surface area contributed by atoms with Gasteiger partial charge in [-0.3, -0.25) is 0 Å². The molecule has 0 radical (unpaired) electrons. The average molecular weight is 692 g/mol. The first-order valence-corrected chi connectivity index (χ1v) is 18.7. The lowest BCUT2D eigenvalue weighted by atomic mass is 9.91. The molecule has 1 aliphatic rings. The van der Waals surface area contributed by atoms with Gasteiger partial charge in [0.2, 0.25) is 0 Å². The second-order valence-corrected chi connectivity index (χ2v) is 14.0. The highest BCUT2D eigenvalue weighted by Gasteiger charge is 2.22. The first kappa shape index (κ1) is 31.8. The van der Waals surface area contributed by atoms with Gasteiger partial charge < -0.3 is 9.32 Å². The van der Waals surface area contributed by atoms with Crippen molar-refractivity contribution in [2.75, 3.05) is 4.90 Å². The largest absolute Gasteiger partial charge is 0.455 e. The fraction of sp³-hybridized carbons (Fsp3) is 0.0385. The minimum absolute atomic E-state index is 0.876. The summed E-state index contributed by atoms with van der Waals surface area (Å²) in [4.78, 5) is 2.39. The molecular formula is C52H37NO. The molecule has 0 atom stereocenters. The number of furan rings is 1. The highest BCUT2D eigenvalue weighted by molar-refractivity contribution is 6.21. The fourth-order valence-electron chi connectivity index (χ4n) is 8.08. The maximum atomic E-state index is 6.83. The average Bonchev–Trinajstić information content (AvgIpc) is 3.65. The van der Waals surface area contributed by atoms with Gasteiger partial charge in [0.1, 0.15) is 11.2 Å². The van der Waals surface area contributed by atoms with Crippen LogP contribution in [0.1, 0.15) is 18.4 Å². The van der Waals surface area contributed by atoms with Crippen molar-refractivity contribution < 1.29 is 4.42 Å². The van der Waals surface area contributed by atoms with Crippen molar-refractivity contribution in [1.29, 1.82) is 0 Å². The van der Waals surface area contributed by atoms with Crippen LogP contribution < -0.4 is 4.90 Å². The summed E-state index contributed by atoms with van der Waals surface area (Å²) in [5.74, 6) is 0. The molecule has 0 bridgehead atoms. The van der Waals surface area contributed by atoms with Gasteiger partial charge >= 0.3 is 0 Å². The first-order chi connectivity index (χ1) is 26.8. The Kier molecular flexibility index (Phi) is 8.00. The van der Waals surface area contributed by atoms with Gasteiger partial charge in [-0.25, -0.2) is 0 Å². The summed E-state index contributed by atoms with van der Waals surface area (Å²) in [6, 6.07) is 65.4. The Morgan fingerprint density at radius 2 is 1.04 bits per heavy atom. The molecule has 9 aromatic rings. The molecule has 0 amide bonds. The summed E-state index contributed by atoms with van der Waals surface area (Å²) in [5.41, 5.74) is 14.8. The molecule has 0 N–H and O–H groups in total. The molecule has 1 aliphatic carbocycles. The minimum atomic E-state index is 0.876. The zero-order valence-electron chi connectivity index (χ0n) is 29.8. The zero-order valence-corrected chi connectivity index (χ0v) is 29.8. The Hall–Kier alpha value is -6.90. The van der Waals surface area contributed by atoms with E-state index in [1.807, 2.05) is 0 Å². The van der Waals surface area contributed by atoms with Crippen LogP contribution in [0, 0.1) is 0 Å². The lowest BCUT2D eigenvalue weighted by Gasteiger charge is -2.27. The summed E-state index contributed by atoms with van der Waals surface area (Å²) < 4.78 is 6.83. The Morgan fingerprint density at radius 3 is 1.72 bits per heavy atom. The van der Waals surface area contributed by atoms with Crippen molar-refractivity contribution in [3.05, 3.63) is 206 Å². The van der Waals surface area contributed by atoms with Crippen LogP contribution >= 0.6 is 0 Å². The maximum Gasteiger partial charge on any atom is 0.143 e. The Labute approximate surface area is 315 Å². The van der Waals surface area contributed by atoms with Gasteiger partial charge in [-0.1, -0.05) is 158 Å². The van der Waals surface area contributed by atoms with Gasteiger partial charge in [0.15, 0.2) is 0 Å². The molecule has 0 spiro atoms. The lowest BCUT2D eigenvalue weighted by molar-refractivity contribution is 0.672. The van der Waals surface area contributed by atoms with Crippen molar-refractivity contribution in [3.8, 4) is 33.4 Å². The fourth-order valence-corrected chi connectivity index (χ4v) is 8.08. The van der Waals surface area contributed by atoms with E-state index in [1.165, 1.54) is 44.3 Å². The van der Waals surface area contributed by atoms with Crippen molar-refractivity contribution in [2.24, 2.45) is 0 Å². The summed E-state index contributed by atoms with van der Waals surface area (Å²) in [7, 11) is 0. The number of fused-ring (bicyclic) bond motifs is 5.